The number of benzene rings is 1. The molecule has 42 valence electrons. The van der Waals surface area contributed by atoms with Crippen LogP contribution in [0, 0.1) is 0 Å². The van der Waals surface area contributed by atoms with Crippen LogP contribution < -0.4 is 0 Å². The molecule has 0 aliphatic rings. The number of aromatic hydroxyl groups is 1. The van der Waals surface area contributed by atoms with Crippen molar-refractivity contribution < 1.29 is 32.8 Å². The van der Waals surface area contributed by atoms with Crippen LogP contribution in [0.25, 0.3) is 0 Å². The number of phenols is 1. The zero-order valence-electron chi connectivity index (χ0n) is 4.84. The molecule has 0 aliphatic heterocycles. The summed E-state index contributed by atoms with van der Waals surface area (Å²) in [5.41, 5.74) is 0. The van der Waals surface area contributed by atoms with Crippen molar-refractivity contribution in [3.05, 3.63) is 29.3 Å². The van der Waals surface area contributed by atoms with Crippen LogP contribution in [0.15, 0.2) is 24.3 Å². The summed E-state index contributed by atoms with van der Waals surface area (Å²) in [4.78, 5) is 0. The Bertz CT molecular complexity index is 169. The van der Waals surface area contributed by atoms with Gasteiger partial charge in [0.2, 0.25) is 0 Å². The molecule has 0 amide bonds. The molecule has 0 saturated heterocycles. The van der Waals surface area contributed by atoms with Gasteiger partial charge in [0, 0.05) is 0 Å². The van der Waals surface area contributed by atoms with Crippen molar-refractivity contribution in [2.75, 3.05) is 0 Å². The van der Waals surface area contributed by atoms with Crippen molar-refractivity contribution >= 4 is 11.6 Å². The Labute approximate surface area is 79.2 Å². The van der Waals surface area contributed by atoms with Gasteiger partial charge in [-0.05, 0) is 12.1 Å². The minimum absolute atomic E-state index is 0. The largest absolute Gasteiger partial charge is 2.00 e. The van der Waals surface area contributed by atoms with E-state index in [1.165, 1.54) is 0 Å². The molecule has 0 aromatic heterocycles. The molecule has 0 atom stereocenters. The monoisotopic (exact) mass is 330 g/mol. The van der Waals surface area contributed by atoms with Gasteiger partial charge in [-0.3, -0.25) is 0 Å². The second kappa shape index (κ2) is 4.12. The molecule has 0 fully saturated rings. The van der Waals surface area contributed by atoms with Crippen molar-refractivity contribution in [1.82, 2.24) is 0 Å². The van der Waals surface area contributed by atoms with Crippen LogP contribution in [-0.4, -0.2) is 5.11 Å². The third kappa shape index (κ3) is 2.54. The van der Waals surface area contributed by atoms with Crippen molar-refractivity contribution in [3.63, 3.8) is 0 Å². The Kier molecular flexibility index (Phi) is 4.24. The van der Waals surface area contributed by atoms with Crippen LogP contribution in [-0.2, 0) is 27.7 Å². The van der Waals surface area contributed by atoms with Gasteiger partial charge in [-0.15, -0.1) is 0 Å². The van der Waals surface area contributed by atoms with E-state index in [2.05, 4.69) is 0 Å². The average Bonchev–Trinajstić information content (AvgIpc) is 1.77. The fraction of sp³-hybridized carbons (Fsp3) is 0. The van der Waals surface area contributed by atoms with Crippen LogP contribution in [0.2, 0.25) is 5.02 Å². The van der Waals surface area contributed by atoms with Crippen molar-refractivity contribution in [1.29, 1.82) is 0 Å². The molecule has 0 saturated carbocycles. The summed E-state index contributed by atoms with van der Waals surface area (Å²) in [6.45, 7) is 0. The van der Waals surface area contributed by atoms with Gasteiger partial charge in [0.25, 0.3) is 0 Å². The molecule has 0 bridgehead atoms. The van der Waals surface area contributed by atoms with E-state index in [1.807, 2.05) is 0 Å². The SMILES string of the molecule is Oc1ccccc1Cl.[Hg+2]. The van der Waals surface area contributed by atoms with E-state index in [1.54, 1.807) is 24.3 Å². The zero-order chi connectivity index (χ0) is 5.98. The molecule has 0 spiro atoms. The standard InChI is InChI=1S/C6H5ClO.Hg/c7-5-3-1-2-4-6(5)8;/h1-4,8H;/q;+2. The smallest absolute Gasteiger partial charge is 0.506 e. The summed E-state index contributed by atoms with van der Waals surface area (Å²) < 4.78 is 0. The van der Waals surface area contributed by atoms with Crippen molar-refractivity contribution in [2.24, 2.45) is 0 Å². The maximum Gasteiger partial charge on any atom is 2.00 e. The number of halogens is 1. The van der Waals surface area contributed by atoms with E-state index in [0.717, 1.165) is 0 Å². The Balaban J connectivity index is 0.000000640. The first-order chi connectivity index (χ1) is 3.80. The fourth-order valence-corrected chi connectivity index (χ4v) is 0.587. The van der Waals surface area contributed by atoms with Gasteiger partial charge in [0.1, 0.15) is 5.75 Å². The first-order valence-corrected chi connectivity index (χ1v) is 2.62. The third-order valence-corrected chi connectivity index (χ3v) is 1.17. The van der Waals surface area contributed by atoms with E-state index in [-0.39, 0.29) is 33.4 Å². The average molecular weight is 329 g/mol. The van der Waals surface area contributed by atoms with Gasteiger partial charge in [-0.2, -0.15) is 0 Å². The second-order valence-corrected chi connectivity index (χ2v) is 1.86. The van der Waals surface area contributed by atoms with E-state index in [4.69, 9.17) is 16.7 Å². The Hall–Kier alpha value is 0.245. The Morgan fingerprint density at radius 2 is 1.78 bits per heavy atom. The predicted octanol–water partition coefficient (Wildman–Crippen LogP) is 2.04. The minimum Gasteiger partial charge on any atom is -0.506 e. The summed E-state index contributed by atoms with van der Waals surface area (Å²) in [7, 11) is 0. The number of hydrogen-bond acceptors (Lipinski definition) is 1. The van der Waals surface area contributed by atoms with Crippen LogP contribution in [0.4, 0.5) is 0 Å². The summed E-state index contributed by atoms with van der Waals surface area (Å²) in [5.74, 6) is 0.133. The van der Waals surface area contributed by atoms with Crippen molar-refractivity contribution in [2.45, 2.75) is 0 Å². The maximum atomic E-state index is 8.79. The number of para-hydroxylation sites is 1. The summed E-state index contributed by atoms with van der Waals surface area (Å²) >= 11 is 5.46. The molecule has 0 aliphatic carbocycles. The molecule has 0 radical (unpaired) electrons. The zero-order valence-corrected chi connectivity index (χ0v) is 11.1. The van der Waals surface area contributed by atoms with Gasteiger partial charge in [-0.1, -0.05) is 23.7 Å². The number of phenolic OH excluding ortho intramolecular Hbond substituents is 1. The summed E-state index contributed by atoms with van der Waals surface area (Å²) in [6, 6.07) is 6.67. The normalized spacial score (nSPS) is 8.11. The quantitative estimate of drug-likeness (QED) is 0.723. The molecule has 3 heteroatoms. The Morgan fingerprint density at radius 1 is 1.22 bits per heavy atom. The maximum absolute atomic E-state index is 8.79. The van der Waals surface area contributed by atoms with Crippen LogP contribution >= 0.6 is 11.6 Å². The van der Waals surface area contributed by atoms with Crippen molar-refractivity contribution in [3.8, 4) is 5.75 Å². The van der Waals surface area contributed by atoms with E-state index >= 15 is 0 Å². The third-order valence-electron chi connectivity index (χ3n) is 0.852. The van der Waals surface area contributed by atoms with Crippen LogP contribution in [0.5, 0.6) is 5.75 Å². The molecule has 1 aromatic carbocycles. The van der Waals surface area contributed by atoms with E-state index in [9.17, 15) is 0 Å². The van der Waals surface area contributed by atoms with E-state index in [0.29, 0.717) is 5.02 Å². The van der Waals surface area contributed by atoms with Crippen LogP contribution in [0.1, 0.15) is 0 Å². The van der Waals surface area contributed by atoms with E-state index < -0.39 is 0 Å². The first kappa shape index (κ1) is 9.25. The summed E-state index contributed by atoms with van der Waals surface area (Å²) in [6.07, 6.45) is 0. The summed E-state index contributed by atoms with van der Waals surface area (Å²) in [5, 5.41) is 9.18. The molecular formula is C6H5ClHgO+2. The molecule has 1 nitrogen and oxygen atoms in total. The van der Waals surface area contributed by atoms with Crippen LogP contribution in [0.3, 0.4) is 0 Å². The van der Waals surface area contributed by atoms with Gasteiger partial charge in [0.05, 0.1) is 5.02 Å². The predicted molar refractivity (Wildman–Crippen MR) is 33.1 cm³/mol. The first-order valence-electron chi connectivity index (χ1n) is 2.24. The number of rotatable bonds is 0. The Morgan fingerprint density at radius 3 is 2.11 bits per heavy atom. The second-order valence-electron chi connectivity index (χ2n) is 1.45. The fourth-order valence-electron chi connectivity index (χ4n) is 0.452. The minimum atomic E-state index is 0. The van der Waals surface area contributed by atoms with Gasteiger partial charge in [-0.25, -0.2) is 0 Å². The molecule has 1 aromatic rings. The molecule has 1 rings (SSSR count). The molecule has 1 N–H and O–H groups in total. The van der Waals surface area contributed by atoms with Gasteiger partial charge >= 0.3 is 27.7 Å². The number of hydrogen-bond donors (Lipinski definition) is 1. The van der Waals surface area contributed by atoms with Gasteiger partial charge in [0.15, 0.2) is 0 Å². The molecule has 0 heterocycles. The molecule has 9 heavy (non-hydrogen) atoms. The molecular weight excluding hydrogens is 324 g/mol. The molecule has 0 unspecified atom stereocenters. The topological polar surface area (TPSA) is 20.2 Å². The van der Waals surface area contributed by atoms with Gasteiger partial charge < -0.3 is 5.11 Å².